The second-order valence-corrected chi connectivity index (χ2v) is 16.4. The smallest absolute Gasteiger partial charge is 0.296 e. The summed E-state index contributed by atoms with van der Waals surface area (Å²) in [5, 5.41) is 26.6. The van der Waals surface area contributed by atoms with E-state index in [2.05, 4.69) is 20.5 Å². The van der Waals surface area contributed by atoms with Crippen LogP contribution in [-0.2, 0) is 56.3 Å². The number of phenols is 1. The van der Waals surface area contributed by atoms with Crippen LogP contribution in [0.15, 0.2) is 93.5 Å². The van der Waals surface area contributed by atoms with E-state index in [9.17, 15) is 70.5 Å². The van der Waals surface area contributed by atoms with Crippen LogP contribution in [0.5, 0.6) is 5.75 Å². The number of nitrogens with zero attached hydrogens (tertiary/aromatic N) is 4. The fraction of sp³-hybridized carbons (Fsp3) is 0.0417. The first-order valence-corrected chi connectivity index (χ1v) is 19.7. The van der Waals surface area contributed by atoms with Crippen molar-refractivity contribution in [3.05, 3.63) is 48.5 Å². The molecule has 1 atom stereocenters. The van der Waals surface area contributed by atoms with Crippen LogP contribution in [0.4, 0.5) is 34.1 Å². The minimum atomic E-state index is -5.42. The van der Waals surface area contributed by atoms with Crippen LogP contribution < -0.4 is 11.1 Å². The van der Waals surface area contributed by atoms with E-state index >= 15 is 0 Å². The lowest BCUT2D eigenvalue weighted by Crippen LogP contribution is -2.12. The molecule has 0 bridgehead atoms. The fourth-order valence-electron chi connectivity index (χ4n) is 4.26. The number of carbonyl (C=O) groups excluding carboxylic acids is 1. The van der Waals surface area contributed by atoms with Gasteiger partial charge in [0.1, 0.15) is 42.3 Å². The van der Waals surface area contributed by atoms with Gasteiger partial charge in [-0.2, -0.15) is 33.7 Å². The highest BCUT2D eigenvalue weighted by molar-refractivity contribution is 7.87. The highest BCUT2D eigenvalue weighted by Gasteiger charge is 2.27. The van der Waals surface area contributed by atoms with Crippen molar-refractivity contribution in [2.24, 2.45) is 20.5 Å². The molecule has 0 saturated heterocycles. The summed E-state index contributed by atoms with van der Waals surface area (Å²) in [6, 6.07) is 5.94. The lowest BCUT2D eigenvalue weighted by atomic mass is 10.1. The summed E-state index contributed by atoms with van der Waals surface area (Å²) in [5.74, 6) is -2.06. The van der Waals surface area contributed by atoms with Crippen LogP contribution in [-0.4, -0.2) is 71.7 Å². The lowest BCUT2D eigenvalue weighted by molar-refractivity contribution is -0.114. The number of benzene rings is 4. The van der Waals surface area contributed by atoms with Gasteiger partial charge in [-0.1, -0.05) is 0 Å². The number of rotatable bonds is 10. The van der Waals surface area contributed by atoms with Gasteiger partial charge >= 0.3 is 0 Å². The van der Waals surface area contributed by atoms with Crippen molar-refractivity contribution in [2.75, 3.05) is 11.1 Å². The summed E-state index contributed by atoms with van der Waals surface area (Å²) in [6.45, 7) is 0.893. The molecule has 4 aromatic rings. The van der Waals surface area contributed by atoms with Crippen LogP contribution in [0.1, 0.15) is 6.92 Å². The van der Waals surface area contributed by atoms with Gasteiger partial charge in [0.05, 0.1) is 16.3 Å². The molecule has 1 amide bonds. The largest absolute Gasteiger partial charge is 0.505 e. The Labute approximate surface area is 289 Å². The zero-order chi connectivity index (χ0) is 38.4. The summed E-state index contributed by atoms with van der Waals surface area (Å²) in [7, 11) is -21.1. The van der Waals surface area contributed by atoms with Crippen molar-refractivity contribution < 1.29 is 70.5 Å². The molecule has 0 aliphatic heterocycles. The molecular formula is C24H20N6O16S5. The number of nitrogen functional groups attached to an aromatic ring is 1. The monoisotopic (exact) mass is 808 g/mol. The van der Waals surface area contributed by atoms with Gasteiger partial charge in [-0.05, 0) is 48.5 Å². The predicted octanol–water partition coefficient (Wildman–Crippen LogP) is 3.48. The molecule has 1 unspecified atom stereocenters. The Kier molecular flexibility index (Phi) is 10.5. The van der Waals surface area contributed by atoms with E-state index in [-0.39, 0.29) is 11.1 Å². The van der Waals surface area contributed by atoms with Gasteiger partial charge in [-0.15, -0.1) is 20.5 Å². The minimum absolute atomic E-state index is 0.294. The molecule has 272 valence electrons. The highest BCUT2D eigenvalue weighted by atomic mass is 32.2. The van der Waals surface area contributed by atoms with Crippen molar-refractivity contribution in [1.29, 1.82) is 0 Å². The quantitative estimate of drug-likeness (QED) is 0.0492. The molecule has 22 nitrogen and oxygen atoms in total. The maximum Gasteiger partial charge on any atom is 0.296 e. The molecule has 51 heavy (non-hydrogen) atoms. The van der Waals surface area contributed by atoms with E-state index in [1.807, 2.05) is 5.32 Å². The Morgan fingerprint density at radius 1 is 0.667 bits per heavy atom. The van der Waals surface area contributed by atoms with Crippen LogP contribution in [0.3, 0.4) is 0 Å². The molecule has 0 heterocycles. The number of nitrogens with two attached hydrogens (primary N) is 1. The Balaban J connectivity index is 2.01. The molecular weight excluding hydrogens is 789 g/mol. The molecule has 9 N–H and O–H groups in total. The first kappa shape index (κ1) is 39.0. The maximum atomic E-state index is 12.5. The maximum absolute atomic E-state index is 12.5. The van der Waals surface area contributed by atoms with E-state index in [4.69, 9.17) is 5.73 Å². The molecule has 4 rings (SSSR count). The molecule has 0 aromatic heterocycles. The fourth-order valence-corrected chi connectivity index (χ4v) is 7.32. The molecule has 0 spiro atoms. The van der Waals surface area contributed by atoms with E-state index in [1.165, 1.54) is 0 Å². The predicted molar refractivity (Wildman–Crippen MR) is 174 cm³/mol. The van der Waals surface area contributed by atoms with Gasteiger partial charge < -0.3 is 20.7 Å². The first-order valence-electron chi connectivity index (χ1n) is 12.8. The number of nitrogens with one attached hydrogen (secondary N) is 1. The number of azo groups is 2. The number of fused-ring (bicyclic) bond motifs is 1. The second kappa shape index (κ2) is 13.7. The average Bonchev–Trinajstić information content (AvgIpc) is 2.97. The van der Waals surface area contributed by atoms with Crippen molar-refractivity contribution >= 4 is 102 Å². The van der Waals surface area contributed by atoms with Gasteiger partial charge in [0.25, 0.3) is 40.5 Å². The van der Waals surface area contributed by atoms with Crippen LogP contribution >= 0.6 is 0 Å². The van der Waals surface area contributed by atoms with E-state index < -0.39 is 122 Å². The summed E-state index contributed by atoms with van der Waals surface area (Å²) in [6.07, 6.45) is 0. The molecule has 0 fully saturated rings. The third kappa shape index (κ3) is 8.56. The van der Waals surface area contributed by atoms with Crippen molar-refractivity contribution in [3.63, 3.8) is 0 Å². The van der Waals surface area contributed by atoms with Crippen LogP contribution in [0.25, 0.3) is 10.8 Å². The number of carbonyl (C=O) groups is 1. The normalized spacial score (nSPS) is 13.6. The highest BCUT2D eigenvalue weighted by Crippen LogP contribution is 2.46. The third-order valence-corrected chi connectivity index (χ3v) is 10.6. The van der Waals surface area contributed by atoms with Crippen LogP contribution in [0, 0.1) is 0 Å². The van der Waals surface area contributed by atoms with Gasteiger partial charge in [-0.25, -0.2) is 4.21 Å². The van der Waals surface area contributed by atoms with Gasteiger partial charge in [0.2, 0.25) is 5.91 Å². The Bertz CT molecular complexity index is 2700. The zero-order valence-corrected chi connectivity index (χ0v) is 28.9. The number of phenolic OH excluding ortho intramolecular Hbond substituents is 1. The van der Waals surface area contributed by atoms with E-state index in [0.717, 1.165) is 31.2 Å². The summed E-state index contributed by atoms with van der Waals surface area (Å²) in [5.41, 5.74) is 1.56. The molecule has 4 aromatic carbocycles. The average molecular weight is 809 g/mol. The second-order valence-electron chi connectivity index (χ2n) is 9.85. The summed E-state index contributed by atoms with van der Waals surface area (Å²) in [4.78, 5) is 6.49. The summed E-state index contributed by atoms with van der Waals surface area (Å²) < 4.78 is 157. The van der Waals surface area contributed by atoms with E-state index in [1.54, 1.807) is 0 Å². The number of hydrogen-bond donors (Lipinski definition) is 8. The Morgan fingerprint density at radius 2 is 1.20 bits per heavy atom. The minimum Gasteiger partial charge on any atom is -0.505 e. The molecule has 0 aliphatic carbocycles. The number of aromatic hydroxyl groups is 1. The Hall–Kier alpha value is -4.84. The van der Waals surface area contributed by atoms with Crippen LogP contribution in [0.2, 0.25) is 0 Å². The lowest BCUT2D eigenvalue weighted by Gasteiger charge is -2.13. The topological polar surface area (TPSA) is 380 Å². The van der Waals surface area contributed by atoms with Crippen molar-refractivity contribution in [1.82, 2.24) is 0 Å². The number of amides is 1. The molecule has 0 aliphatic rings. The van der Waals surface area contributed by atoms with Gasteiger partial charge in [0.15, 0.2) is 16.8 Å². The summed E-state index contributed by atoms with van der Waals surface area (Å²) >= 11 is -2.68. The number of hydrogen-bond acceptors (Lipinski definition) is 16. The van der Waals surface area contributed by atoms with Gasteiger partial charge in [0, 0.05) is 17.7 Å². The Morgan fingerprint density at radius 3 is 1.73 bits per heavy atom. The third-order valence-electron chi connectivity index (χ3n) is 6.37. The SMILES string of the molecule is CC(=O)Nc1cc(S(=O)(=O)O)c(N=Nc2c(S(=O)(=O)O)cc3c(N=Nc4ccc(S(=O)O)cc4S(=O)(=O)O)c(N)ccc3c2O)cc1S(=O)(=O)O. The molecule has 0 saturated carbocycles. The number of anilines is 2. The van der Waals surface area contributed by atoms with Crippen molar-refractivity contribution in [2.45, 2.75) is 31.4 Å². The first-order chi connectivity index (χ1) is 23.3. The van der Waals surface area contributed by atoms with Crippen molar-refractivity contribution in [3.8, 4) is 5.75 Å². The standard InChI is InChI=1S/C24H20N6O16S5/c1-10(31)26-16-8-20(50(41,42)43)17(9-19(16)49(38,39)40)28-30-23-21(51(44,45)46)7-13-12(24(23)32)3-4-14(25)22(13)29-27-15-5-2-11(47(33)34)6-18(15)48(35,36)37/h2-9,32H,25H2,1H3,(H,26,31)(H,33,34)(H,35,36,37)(H,38,39,40)(H,41,42,43)(H,44,45,46). The molecule has 27 heteroatoms. The molecule has 0 radical (unpaired) electrons. The van der Waals surface area contributed by atoms with E-state index in [0.29, 0.717) is 24.3 Å². The van der Waals surface area contributed by atoms with Gasteiger partial charge in [-0.3, -0.25) is 23.0 Å². The zero-order valence-electron chi connectivity index (χ0n) is 24.8.